The first-order chi connectivity index (χ1) is 10.7. The van der Waals surface area contributed by atoms with Gasteiger partial charge in [0.05, 0.1) is 12.9 Å². The second-order valence-corrected chi connectivity index (χ2v) is 5.36. The number of ether oxygens (including phenoxy) is 1. The third-order valence-corrected chi connectivity index (χ3v) is 3.87. The van der Waals surface area contributed by atoms with Gasteiger partial charge in [-0.05, 0) is 25.1 Å². The summed E-state index contributed by atoms with van der Waals surface area (Å²) in [5.74, 6) is 8.56. The third kappa shape index (κ3) is 2.89. The fraction of sp³-hybridized carbons (Fsp3) is 0.231. The molecule has 0 bridgehead atoms. The number of nitrogens with zero attached hydrogens (tertiary/aromatic N) is 5. The molecule has 0 spiro atoms. The van der Waals surface area contributed by atoms with Crippen molar-refractivity contribution in [1.29, 1.82) is 0 Å². The molecule has 0 radical (unpaired) electrons. The van der Waals surface area contributed by atoms with E-state index >= 15 is 0 Å². The number of methoxy groups -OCH3 is 1. The molecular formula is C13H14N6O2S. The van der Waals surface area contributed by atoms with Crippen LogP contribution in [0.3, 0.4) is 0 Å². The summed E-state index contributed by atoms with van der Waals surface area (Å²) < 4.78 is 12.2. The van der Waals surface area contributed by atoms with Crippen LogP contribution in [0, 0.1) is 6.92 Å². The van der Waals surface area contributed by atoms with Crippen LogP contribution in [0.1, 0.15) is 11.7 Å². The lowest BCUT2D eigenvalue weighted by Gasteiger charge is -2.00. The zero-order valence-electron chi connectivity index (χ0n) is 12.1. The zero-order chi connectivity index (χ0) is 15.5. The fourth-order valence-electron chi connectivity index (χ4n) is 1.76. The zero-order valence-corrected chi connectivity index (χ0v) is 12.9. The molecule has 9 heteroatoms. The van der Waals surface area contributed by atoms with Gasteiger partial charge in [0, 0.05) is 5.56 Å². The summed E-state index contributed by atoms with van der Waals surface area (Å²) in [5.41, 5.74) is 0.806. The second kappa shape index (κ2) is 6.06. The predicted molar refractivity (Wildman–Crippen MR) is 80.8 cm³/mol. The molecule has 0 saturated heterocycles. The standard InChI is InChI=1S/C13H14N6O2S/c1-8-15-18-13(19(8)14)22-7-11-16-17-12(21-11)9-4-3-5-10(6-9)20-2/h3-6H,7,14H2,1-2H3. The lowest BCUT2D eigenvalue weighted by Crippen LogP contribution is -2.11. The molecule has 0 atom stereocenters. The van der Waals surface area contributed by atoms with Crippen molar-refractivity contribution in [2.24, 2.45) is 0 Å². The molecule has 2 aromatic heterocycles. The molecule has 0 aliphatic carbocycles. The van der Waals surface area contributed by atoms with Crippen LogP contribution in [0.4, 0.5) is 0 Å². The molecule has 3 aromatic rings. The van der Waals surface area contributed by atoms with Gasteiger partial charge in [0.1, 0.15) is 11.6 Å². The number of hydrogen-bond acceptors (Lipinski definition) is 8. The first kappa shape index (κ1) is 14.4. The Balaban J connectivity index is 1.72. The van der Waals surface area contributed by atoms with Crippen LogP contribution in [0.15, 0.2) is 33.8 Å². The molecule has 22 heavy (non-hydrogen) atoms. The van der Waals surface area contributed by atoms with Crippen molar-refractivity contribution in [1.82, 2.24) is 25.1 Å². The van der Waals surface area contributed by atoms with Crippen LogP contribution < -0.4 is 10.6 Å². The molecule has 114 valence electrons. The largest absolute Gasteiger partial charge is 0.497 e. The topological polar surface area (TPSA) is 105 Å². The van der Waals surface area contributed by atoms with Crippen LogP contribution in [0.5, 0.6) is 5.75 Å². The average Bonchev–Trinajstić information content (AvgIpc) is 3.14. The monoisotopic (exact) mass is 318 g/mol. The Bertz CT molecular complexity index is 784. The Hall–Kier alpha value is -2.55. The van der Waals surface area contributed by atoms with E-state index in [1.807, 2.05) is 24.3 Å². The number of nitrogens with two attached hydrogens (primary N) is 1. The van der Waals surface area contributed by atoms with Crippen LogP contribution in [0.2, 0.25) is 0 Å². The van der Waals surface area contributed by atoms with E-state index in [9.17, 15) is 0 Å². The Morgan fingerprint density at radius 3 is 2.86 bits per heavy atom. The van der Waals surface area contributed by atoms with Crippen molar-refractivity contribution in [2.75, 3.05) is 13.0 Å². The Kier molecular flexibility index (Phi) is 3.96. The quantitative estimate of drug-likeness (QED) is 0.559. The smallest absolute Gasteiger partial charge is 0.247 e. The minimum Gasteiger partial charge on any atom is -0.497 e. The Morgan fingerprint density at radius 1 is 1.27 bits per heavy atom. The molecule has 2 heterocycles. The number of aryl methyl sites for hydroxylation is 1. The van der Waals surface area contributed by atoms with E-state index in [-0.39, 0.29) is 0 Å². The maximum Gasteiger partial charge on any atom is 0.247 e. The highest BCUT2D eigenvalue weighted by Crippen LogP contribution is 2.25. The van der Waals surface area contributed by atoms with Gasteiger partial charge in [-0.2, -0.15) is 0 Å². The third-order valence-electron chi connectivity index (χ3n) is 2.94. The number of rotatable bonds is 5. The molecule has 0 aliphatic rings. The number of nitrogen functional groups attached to an aromatic ring is 1. The number of benzene rings is 1. The molecular weight excluding hydrogens is 304 g/mol. The second-order valence-electron chi connectivity index (χ2n) is 4.42. The van der Waals surface area contributed by atoms with Crippen LogP contribution >= 0.6 is 11.8 Å². The highest BCUT2D eigenvalue weighted by Gasteiger charge is 2.12. The van der Waals surface area contributed by atoms with Crippen LogP contribution in [-0.4, -0.2) is 32.2 Å². The average molecular weight is 318 g/mol. The van der Waals surface area contributed by atoms with Gasteiger partial charge in [0.2, 0.25) is 16.9 Å². The van der Waals surface area contributed by atoms with E-state index in [0.717, 1.165) is 11.3 Å². The summed E-state index contributed by atoms with van der Waals surface area (Å²) in [7, 11) is 1.61. The minimum absolute atomic E-state index is 0.444. The van der Waals surface area contributed by atoms with Gasteiger partial charge in [-0.1, -0.05) is 17.8 Å². The number of hydrogen-bond donors (Lipinski definition) is 1. The Morgan fingerprint density at radius 2 is 2.14 bits per heavy atom. The number of aromatic nitrogens is 5. The lowest BCUT2D eigenvalue weighted by molar-refractivity contribution is 0.414. The van der Waals surface area contributed by atoms with Crippen molar-refractivity contribution in [3.63, 3.8) is 0 Å². The van der Waals surface area contributed by atoms with Crippen molar-refractivity contribution in [3.05, 3.63) is 36.0 Å². The van der Waals surface area contributed by atoms with Crippen molar-refractivity contribution < 1.29 is 9.15 Å². The highest BCUT2D eigenvalue weighted by molar-refractivity contribution is 7.98. The van der Waals surface area contributed by atoms with Gasteiger partial charge in [-0.3, -0.25) is 0 Å². The van der Waals surface area contributed by atoms with E-state index < -0.39 is 0 Å². The van der Waals surface area contributed by atoms with Crippen molar-refractivity contribution in [3.8, 4) is 17.2 Å². The van der Waals surface area contributed by atoms with Crippen LogP contribution in [-0.2, 0) is 5.75 Å². The summed E-state index contributed by atoms with van der Waals surface area (Å²) >= 11 is 1.38. The van der Waals surface area contributed by atoms with Crippen molar-refractivity contribution in [2.45, 2.75) is 17.8 Å². The van der Waals surface area contributed by atoms with Gasteiger partial charge >= 0.3 is 0 Å². The number of thioether (sulfide) groups is 1. The minimum atomic E-state index is 0.444. The summed E-state index contributed by atoms with van der Waals surface area (Å²) in [4.78, 5) is 0. The molecule has 0 amide bonds. The van der Waals surface area contributed by atoms with Crippen LogP contribution in [0.25, 0.3) is 11.5 Å². The molecule has 0 unspecified atom stereocenters. The molecule has 1 aromatic carbocycles. The van der Waals surface area contributed by atoms with Gasteiger partial charge in [-0.15, -0.1) is 20.4 Å². The van der Waals surface area contributed by atoms with E-state index in [0.29, 0.717) is 28.5 Å². The maximum absolute atomic E-state index is 5.79. The van der Waals surface area contributed by atoms with Gasteiger partial charge in [0.15, 0.2) is 0 Å². The summed E-state index contributed by atoms with van der Waals surface area (Å²) in [5, 5.41) is 16.5. The summed E-state index contributed by atoms with van der Waals surface area (Å²) in [6.45, 7) is 1.78. The van der Waals surface area contributed by atoms with Gasteiger partial charge in [0.25, 0.3) is 0 Å². The van der Waals surface area contributed by atoms with Gasteiger partial charge in [-0.25, -0.2) is 4.68 Å². The van der Waals surface area contributed by atoms with Crippen molar-refractivity contribution >= 4 is 11.8 Å². The lowest BCUT2D eigenvalue weighted by atomic mass is 10.2. The first-order valence-corrected chi connectivity index (χ1v) is 7.42. The highest BCUT2D eigenvalue weighted by atomic mass is 32.2. The fourth-order valence-corrected chi connectivity index (χ4v) is 2.50. The van der Waals surface area contributed by atoms with E-state index in [1.165, 1.54) is 16.4 Å². The Labute approximate surface area is 130 Å². The first-order valence-electron chi connectivity index (χ1n) is 6.44. The molecule has 8 nitrogen and oxygen atoms in total. The van der Waals surface area contributed by atoms with E-state index in [1.54, 1.807) is 14.0 Å². The summed E-state index contributed by atoms with van der Waals surface area (Å²) in [6, 6.07) is 7.44. The molecule has 0 saturated carbocycles. The molecule has 2 N–H and O–H groups in total. The molecule has 0 fully saturated rings. The van der Waals surface area contributed by atoms with Gasteiger partial charge < -0.3 is 15.0 Å². The molecule has 3 rings (SSSR count). The maximum atomic E-state index is 5.79. The predicted octanol–water partition coefficient (Wildman–Crippen LogP) is 1.65. The molecule has 0 aliphatic heterocycles. The SMILES string of the molecule is COc1cccc(-c2nnc(CSc3nnc(C)n3N)o2)c1. The normalized spacial score (nSPS) is 10.8. The van der Waals surface area contributed by atoms with E-state index in [4.69, 9.17) is 15.0 Å². The summed E-state index contributed by atoms with van der Waals surface area (Å²) in [6.07, 6.45) is 0. The van der Waals surface area contributed by atoms with E-state index in [2.05, 4.69) is 20.4 Å².